The Morgan fingerprint density at radius 1 is 1.33 bits per heavy atom. The van der Waals surface area contributed by atoms with Crippen LogP contribution in [0.15, 0.2) is 24.3 Å². The number of methoxy groups -OCH3 is 1. The number of aliphatic carboxylic acids is 1. The van der Waals surface area contributed by atoms with Crippen molar-refractivity contribution in [1.82, 2.24) is 0 Å². The number of ketones is 1. The van der Waals surface area contributed by atoms with Crippen molar-refractivity contribution in [3.05, 3.63) is 29.8 Å². The van der Waals surface area contributed by atoms with Gasteiger partial charge in [-0.15, -0.1) is 0 Å². The Kier molecular flexibility index (Phi) is 3.85. The van der Waals surface area contributed by atoms with Gasteiger partial charge in [-0.05, 0) is 6.07 Å². The van der Waals surface area contributed by atoms with E-state index in [1.54, 1.807) is 24.3 Å². The van der Waals surface area contributed by atoms with E-state index in [0.717, 1.165) is 0 Å². The molecule has 0 saturated carbocycles. The molecule has 0 aliphatic heterocycles. The van der Waals surface area contributed by atoms with Crippen LogP contribution in [0.5, 0.6) is 5.75 Å². The Balaban J connectivity index is 2.71. The van der Waals surface area contributed by atoms with Crippen LogP contribution < -0.4 is 4.74 Å². The van der Waals surface area contributed by atoms with E-state index in [4.69, 9.17) is 9.84 Å². The standard InChI is InChI=1S/C11H12O4/c1-15-10-5-3-2-4-8(10)6-9(12)7-11(13)14/h2-5H,6-7H2,1H3,(H,13,14). The molecular formula is C11H12O4. The molecule has 1 rings (SSSR count). The molecule has 1 N–H and O–H groups in total. The van der Waals surface area contributed by atoms with Gasteiger partial charge >= 0.3 is 5.97 Å². The fraction of sp³-hybridized carbons (Fsp3) is 0.273. The molecule has 1 aromatic carbocycles. The molecule has 15 heavy (non-hydrogen) atoms. The van der Waals surface area contributed by atoms with Gasteiger partial charge in [0.05, 0.1) is 7.11 Å². The molecule has 80 valence electrons. The van der Waals surface area contributed by atoms with Gasteiger partial charge in [0.1, 0.15) is 18.0 Å². The summed E-state index contributed by atoms with van der Waals surface area (Å²) in [4.78, 5) is 21.6. The minimum Gasteiger partial charge on any atom is -0.496 e. The highest BCUT2D eigenvalue weighted by Crippen LogP contribution is 2.18. The van der Waals surface area contributed by atoms with Crippen molar-refractivity contribution in [3.63, 3.8) is 0 Å². The summed E-state index contributed by atoms with van der Waals surface area (Å²) in [7, 11) is 1.51. The van der Waals surface area contributed by atoms with Gasteiger partial charge in [0.2, 0.25) is 0 Å². The summed E-state index contributed by atoms with van der Waals surface area (Å²) in [5.41, 5.74) is 0.714. The molecule has 4 nitrogen and oxygen atoms in total. The van der Waals surface area contributed by atoms with E-state index < -0.39 is 12.4 Å². The molecule has 0 amide bonds. The molecule has 0 aromatic heterocycles. The fourth-order valence-corrected chi connectivity index (χ4v) is 1.29. The number of benzene rings is 1. The number of carboxylic acids is 1. The van der Waals surface area contributed by atoms with E-state index in [0.29, 0.717) is 11.3 Å². The third-order valence-electron chi connectivity index (χ3n) is 1.93. The number of hydrogen-bond donors (Lipinski definition) is 1. The van der Waals surface area contributed by atoms with Crippen molar-refractivity contribution in [3.8, 4) is 5.75 Å². The van der Waals surface area contributed by atoms with E-state index in [9.17, 15) is 9.59 Å². The highest BCUT2D eigenvalue weighted by Gasteiger charge is 2.11. The Hall–Kier alpha value is -1.84. The molecule has 0 unspecified atom stereocenters. The van der Waals surface area contributed by atoms with Crippen LogP contribution in [0.3, 0.4) is 0 Å². The lowest BCUT2D eigenvalue weighted by atomic mass is 10.1. The zero-order chi connectivity index (χ0) is 11.3. The zero-order valence-electron chi connectivity index (χ0n) is 8.40. The van der Waals surface area contributed by atoms with Crippen LogP contribution in [0, 0.1) is 0 Å². The van der Waals surface area contributed by atoms with Crippen LogP contribution in [0.1, 0.15) is 12.0 Å². The van der Waals surface area contributed by atoms with E-state index in [-0.39, 0.29) is 12.2 Å². The molecule has 0 atom stereocenters. The maximum Gasteiger partial charge on any atom is 0.310 e. The second-order valence-electron chi connectivity index (χ2n) is 3.10. The Morgan fingerprint density at radius 3 is 2.60 bits per heavy atom. The summed E-state index contributed by atoms with van der Waals surface area (Å²) >= 11 is 0. The van der Waals surface area contributed by atoms with Crippen LogP contribution >= 0.6 is 0 Å². The van der Waals surface area contributed by atoms with Gasteiger partial charge in [-0.25, -0.2) is 0 Å². The second-order valence-corrected chi connectivity index (χ2v) is 3.10. The Bertz CT molecular complexity index is 371. The number of carboxylic acid groups (broad SMARTS) is 1. The van der Waals surface area contributed by atoms with Crippen LogP contribution in [-0.2, 0) is 16.0 Å². The molecule has 0 bridgehead atoms. The zero-order valence-corrected chi connectivity index (χ0v) is 8.40. The Labute approximate surface area is 87.5 Å². The van der Waals surface area contributed by atoms with E-state index in [1.165, 1.54) is 7.11 Å². The van der Waals surface area contributed by atoms with E-state index >= 15 is 0 Å². The summed E-state index contributed by atoms with van der Waals surface area (Å²) < 4.78 is 5.05. The summed E-state index contributed by atoms with van der Waals surface area (Å²) in [6.45, 7) is 0. The lowest BCUT2D eigenvalue weighted by molar-refractivity contribution is -0.140. The third-order valence-corrected chi connectivity index (χ3v) is 1.93. The summed E-state index contributed by atoms with van der Waals surface area (Å²) in [5, 5.41) is 8.44. The largest absolute Gasteiger partial charge is 0.496 e. The van der Waals surface area contributed by atoms with Crippen molar-refractivity contribution >= 4 is 11.8 Å². The second kappa shape index (κ2) is 5.14. The molecule has 0 aliphatic carbocycles. The molecule has 0 aliphatic rings. The van der Waals surface area contributed by atoms with Crippen molar-refractivity contribution < 1.29 is 19.4 Å². The monoisotopic (exact) mass is 208 g/mol. The molecule has 0 saturated heterocycles. The first kappa shape index (κ1) is 11.2. The SMILES string of the molecule is COc1ccccc1CC(=O)CC(=O)O. The number of para-hydroxylation sites is 1. The highest BCUT2D eigenvalue weighted by atomic mass is 16.5. The number of Topliss-reactive ketones (excluding diaryl/α,β-unsaturated/α-hetero) is 1. The van der Waals surface area contributed by atoms with Gasteiger partial charge in [-0.1, -0.05) is 18.2 Å². The van der Waals surface area contributed by atoms with Gasteiger partial charge in [0.15, 0.2) is 0 Å². The van der Waals surface area contributed by atoms with Gasteiger partial charge in [-0.3, -0.25) is 9.59 Å². The van der Waals surface area contributed by atoms with Crippen LogP contribution in [0.4, 0.5) is 0 Å². The molecule has 1 aromatic rings. The predicted molar refractivity (Wildman–Crippen MR) is 54.0 cm³/mol. The third kappa shape index (κ3) is 3.42. The number of carbonyl (C=O) groups is 2. The minimum absolute atomic E-state index is 0.0936. The maximum atomic E-state index is 11.3. The quantitative estimate of drug-likeness (QED) is 0.740. The maximum absolute atomic E-state index is 11.3. The summed E-state index contributed by atoms with van der Waals surface area (Å²) in [6.07, 6.45) is -0.353. The summed E-state index contributed by atoms with van der Waals surface area (Å²) in [5.74, 6) is -0.821. The lowest BCUT2D eigenvalue weighted by Gasteiger charge is -2.06. The molecule has 0 radical (unpaired) electrons. The smallest absolute Gasteiger partial charge is 0.310 e. The predicted octanol–water partition coefficient (Wildman–Crippen LogP) is 1.28. The first-order chi connectivity index (χ1) is 7.13. The molecule has 0 heterocycles. The van der Waals surface area contributed by atoms with Crippen molar-refractivity contribution in [1.29, 1.82) is 0 Å². The highest BCUT2D eigenvalue weighted by molar-refractivity contribution is 5.95. The number of rotatable bonds is 5. The average molecular weight is 208 g/mol. The normalized spacial score (nSPS) is 9.67. The van der Waals surface area contributed by atoms with Gasteiger partial charge in [-0.2, -0.15) is 0 Å². The molecular weight excluding hydrogens is 196 g/mol. The van der Waals surface area contributed by atoms with Crippen molar-refractivity contribution in [2.45, 2.75) is 12.8 Å². The molecule has 0 spiro atoms. The first-order valence-electron chi connectivity index (χ1n) is 4.49. The molecule has 0 fully saturated rings. The van der Waals surface area contributed by atoms with Crippen molar-refractivity contribution in [2.75, 3.05) is 7.11 Å². The van der Waals surface area contributed by atoms with Gasteiger partial charge in [0.25, 0.3) is 0 Å². The number of hydrogen-bond acceptors (Lipinski definition) is 3. The fourth-order valence-electron chi connectivity index (χ4n) is 1.29. The number of carbonyl (C=O) groups excluding carboxylic acids is 1. The van der Waals surface area contributed by atoms with Crippen LogP contribution in [0.25, 0.3) is 0 Å². The van der Waals surface area contributed by atoms with Gasteiger partial charge in [0, 0.05) is 12.0 Å². The average Bonchev–Trinajstić information content (AvgIpc) is 2.17. The first-order valence-corrected chi connectivity index (χ1v) is 4.49. The van der Waals surface area contributed by atoms with Crippen molar-refractivity contribution in [2.24, 2.45) is 0 Å². The Morgan fingerprint density at radius 2 is 2.00 bits per heavy atom. The van der Waals surface area contributed by atoms with Crippen LogP contribution in [-0.4, -0.2) is 24.0 Å². The van der Waals surface area contributed by atoms with Crippen LogP contribution in [0.2, 0.25) is 0 Å². The topological polar surface area (TPSA) is 63.6 Å². The van der Waals surface area contributed by atoms with E-state index in [1.807, 2.05) is 0 Å². The van der Waals surface area contributed by atoms with Gasteiger partial charge < -0.3 is 9.84 Å². The minimum atomic E-state index is -1.10. The lowest BCUT2D eigenvalue weighted by Crippen LogP contribution is -2.09. The van der Waals surface area contributed by atoms with E-state index in [2.05, 4.69) is 0 Å². The summed E-state index contributed by atoms with van der Waals surface area (Å²) in [6, 6.07) is 7.07. The molecule has 4 heteroatoms. The number of ether oxygens (including phenoxy) is 1.